The summed E-state index contributed by atoms with van der Waals surface area (Å²) in [5.41, 5.74) is 0.684. The highest BCUT2D eigenvalue weighted by atomic mass is 32.2. The molecule has 178 valence electrons. The first-order valence-corrected chi connectivity index (χ1v) is 12.7. The largest absolute Gasteiger partial charge is 0.462 e. The van der Waals surface area contributed by atoms with Crippen molar-refractivity contribution in [3.05, 3.63) is 41.9 Å². The summed E-state index contributed by atoms with van der Waals surface area (Å²) >= 11 is 0. The Morgan fingerprint density at radius 3 is 2.55 bits per heavy atom. The number of amides is 1. The minimum Gasteiger partial charge on any atom is -0.462 e. The molecule has 2 aromatic rings. The third-order valence-electron chi connectivity index (χ3n) is 5.96. The van der Waals surface area contributed by atoms with E-state index in [1.807, 2.05) is 4.90 Å². The summed E-state index contributed by atoms with van der Waals surface area (Å²) in [6.07, 6.45) is 5.46. The average molecular weight is 476 g/mol. The second kappa shape index (κ2) is 9.92. The number of rotatable bonds is 6. The number of aromatic amines is 1. The van der Waals surface area contributed by atoms with Crippen molar-refractivity contribution >= 4 is 27.7 Å². The standard InChI is InChI=1S/C22H29N5O5S/c1-2-32-22(29)17-6-7-20(24-15-17)25-10-5-11-27(13-12-25)33(30,31)18-14-19(23-16-18)21(28)26-8-3-4-9-26/h6-7,14-16,23H,2-5,8-13H2,1H3. The molecule has 4 rings (SSSR count). The molecule has 2 aromatic heterocycles. The van der Waals surface area contributed by atoms with Crippen LogP contribution in [0.15, 0.2) is 35.5 Å². The van der Waals surface area contributed by atoms with Crippen molar-refractivity contribution < 1.29 is 22.7 Å². The quantitative estimate of drug-likeness (QED) is 0.633. The Kier molecular flexibility index (Phi) is 6.99. The Balaban J connectivity index is 1.42. The third-order valence-corrected chi connectivity index (χ3v) is 7.83. The van der Waals surface area contributed by atoms with E-state index in [1.165, 1.54) is 22.8 Å². The van der Waals surface area contributed by atoms with Crippen LogP contribution < -0.4 is 4.90 Å². The predicted octanol–water partition coefficient (Wildman–Crippen LogP) is 1.72. The number of H-pyrrole nitrogens is 1. The molecule has 0 spiro atoms. The second-order valence-electron chi connectivity index (χ2n) is 8.12. The molecule has 2 saturated heterocycles. The van der Waals surface area contributed by atoms with Gasteiger partial charge in [0.1, 0.15) is 16.4 Å². The van der Waals surface area contributed by atoms with E-state index >= 15 is 0 Å². The molecular weight excluding hydrogens is 446 g/mol. The van der Waals surface area contributed by atoms with Crippen LogP contribution in [-0.4, -0.2) is 85.3 Å². The van der Waals surface area contributed by atoms with Gasteiger partial charge in [0, 0.05) is 51.7 Å². The summed E-state index contributed by atoms with van der Waals surface area (Å²) in [7, 11) is -3.73. The molecule has 1 amide bonds. The van der Waals surface area contributed by atoms with E-state index in [0.29, 0.717) is 69.4 Å². The van der Waals surface area contributed by atoms with Crippen molar-refractivity contribution in [2.75, 3.05) is 50.8 Å². The summed E-state index contributed by atoms with van der Waals surface area (Å²) in [6, 6.07) is 4.85. The number of sulfonamides is 1. The molecule has 0 unspecified atom stereocenters. The Hall–Kier alpha value is -2.92. The van der Waals surface area contributed by atoms with Crippen molar-refractivity contribution in [1.82, 2.24) is 19.2 Å². The van der Waals surface area contributed by atoms with E-state index in [-0.39, 0.29) is 10.8 Å². The van der Waals surface area contributed by atoms with Crippen LogP contribution in [0.25, 0.3) is 0 Å². The van der Waals surface area contributed by atoms with Gasteiger partial charge in [-0.1, -0.05) is 0 Å². The van der Waals surface area contributed by atoms with Gasteiger partial charge in [-0.25, -0.2) is 18.2 Å². The molecule has 0 radical (unpaired) electrons. The van der Waals surface area contributed by atoms with Crippen molar-refractivity contribution in [3.8, 4) is 0 Å². The summed E-state index contributed by atoms with van der Waals surface area (Å²) in [5.74, 6) is 0.106. The lowest BCUT2D eigenvalue weighted by Crippen LogP contribution is -2.35. The van der Waals surface area contributed by atoms with Crippen LogP contribution in [0.5, 0.6) is 0 Å². The molecule has 33 heavy (non-hydrogen) atoms. The fraction of sp³-hybridized carbons (Fsp3) is 0.500. The Bertz CT molecular complexity index is 1090. The van der Waals surface area contributed by atoms with Crippen LogP contribution in [-0.2, 0) is 14.8 Å². The average Bonchev–Trinajstić information content (AvgIpc) is 3.47. The number of hydrogen-bond acceptors (Lipinski definition) is 7. The number of esters is 1. The molecule has 0 aromatic carbocycles. The minimum atomic E-state index is -3.73. The van der Waals surface area contributed by atoms with Gasteiger partial charge in [0.05, 0.1) is 12.2 Å². The Morgan fingerprint density at radius 2 is 1.85 bits per heavy atom. The number of nitrogens with one attached hydrogen (secondary N) is 1. The molecule has 11 heteroatoms. The van der Waals surface area contributed by atoms with Crippen LogP contribution in [0.4, 0.5) is 5.82 Å². The Labute approximate surface area is 193 Å². The molecule has 1 N–H and O–H groups in total. The number of hydrogen-bond donors (Lipinski definition) is 1. The molecule has 0 bridgehead atoms. The Morgan fingerprint density at radius 1 is 1.06 bits per heavy atom. The first kappa shape index (κ1) is 23.2. The molecular formula is C22H29N5O5S. The number of anilines is 1. The van der Waals surface area contributed by atoms with Gasteiger partial charge in [0.2, 0.25) is 10.0 Å². The lowest BCUT2D eigenvalue weighted by atomic mass is 10.2. The first-order chi connectivity index (χ1) is 15.9. The minimum absolute atomic E-state index is 0.107. The number of likely N-dealkylation sites (tertiary alicyclic amines) is 1. The van der Waals surface area contributed by atoms with Crippen LogP contribution in [0.3, 0.4) is 0 Å². The van der Waals surface area contributed by atoms with E-state index in [4.69, 9.17) is 4.74 Å². The summed E-state index contributed by atoms with van der Waals surface area (Å²) in [4.78, 5) is 35.4. The zero-order valence-corrected chi connectivity index (χ0v) is 19.5. The number of carbonyl (C=O) groups is 2. The summed E-state index contributed by atoms with van der Waals surface area (Å²) in [6.45, 7) is 5.24. The van der Waals surface area contributed by atoms with Crippen LogP contribution >= 0.6 is 0 Å². The lowest BCUT2D eigenvalue weighted by Gasteiger charge is -2.22. The number of aromatic nitrogens is 2. The maximum Gasteiger partial charge on any atom is 0.339 e. The van der Waals surface area contributed by atoms with E-state index in [2.05, 4.69) is 9.97 Å². The third kappa shape index (κ3) is 5.03. The van der Waals surface area contributed by atoms with Crippen molar-refractivity contribution in [1.29, 1.82) is 0 Å². The zero-order valence-electron chi connectivity index (χ0n) is 18.7. The fourth-order valence-corrected chi connectivity index (χ4v) is 5.62. The monoisotopic (exact) mass is 475 g/mol. The topological polar surface area (TPSA) is 116 Å². The molecule has 4 heterocycles. The van der Waals surface area contributed by atoms with Crippen LogP contribution in [0, 0.1) is 0 Å². The maximum absolute atomic E-state index is 13.2. The normalized spacial score (nSPS) is 17.7. The number of carbonyl (C=O) groups excluding carboxylic acids is 2. The molecule has 2 aliphatic heterocycles. The predicted molar refractivity (Wildman–Crippen MR) is 122 cm³/mol. The SMILES string of the molecule is CCOC(=O)c1ccc(N2CCCN(S(=O)(=O)c3c[nH]c(C(=O)N4CCCC4)c3)CC2)nc1. The van der Waals surface area contributed by atoms with Gasteiger partial charge in [-0.2, -0.15) is 4.31 Å². The summed E-state index contributed by atoms with van der Waals surface area (Å²) < 4.78 is 32.9. The summed E-state index contributed by atoms with van der Waals surface area (Å²) in [5, 5.41) is 0. The molecule has 2 aliphatic rings. The highest BCUT2D eigenvalue weighted by Gasteiger charge is 2.30. The van der Waals surface area contributed by atoms with Gasteiger partial charge in [0.25, 0.3) is 5.91 Å². The van der Waals surface area contributed by atoms with Gasteiger partial charge in [-0.15, -0.1) is 0 Å². The first-order valence-electron chi connectivity index (χ1n) is 11.3. The van der Waals surface area contributed by atoms with Crippen LogP contribution in [0.2, 0.25) is 0 Å². The maximum atomic E-state index is 13.2. The van der Waals surface area contributed by atoms with Crippen molar-refractivity contribution in [2.24, 2.45) is 0 Å². The van der Waals surface area contributed by atoms with Gasteiger partial charge in [-0.3, -0.25) is 4.79 Å². The fourth-order valence-electron chi connectivity index (χ4n) is 4.16. The van der Waals surface area contributed by atoms with Gasteiger partial charge in [-0.05, 0) is 44.4 Å². The lowest BCUT2D eigenvalue weighted by molar-refractivity contribution is 0.0525. The highest BCUT2D eigenvalue weighted by Crippen LogP contribution is 2.22. The van der Waals surface area contributed by atoms with Crippen LogP contribution in [0.1, 0.15) is 47.0 Å². The smallest absolute Gasteiger partial charge is 0.339 e. The molecule has 2 fully saturated rings. The van der Waals surface area contributed by atoms with Crippen molar-refractivity contribution in [2.45, 2.75) is 31.1 Å². The van der Waals surface area contributed by atoms with Gasteiger partial charge in [0.15, 0.2) is 0 Å². The second-order valence-corrected chi connectivity index (χ2v) is 10.1. The van der Waals surface area contributed by atoms with E-state index in [9.17, 15) is 18.0 Å². The number of nitrogens with zero attached hydrogens (tertiary/aromatic N) is 4. The molecule has 0 aliphatic carbocycles. The molecule has 10 nitrogen and oxygen atoms in total. The molecule has 0 atom stereocenters. The zero-order chi connectivity index (χ0) is 23.4. The highest BCUT2D eigenvalue weighted by molar-refractivity contribution is 7.89. The van der Waals surface area contributed by atoms with Crippen molar-refractivity contribution in [3.63, 3.8) is 0 Å². The van der Waals surface area contributed by atoms with E-state index in [1.54, 1.807) is 24.0 Å². The number of pyridine rings is 1. The van der Waals surface area contributed by atoms with E-state index in [0.717, 1.165) is 12.8 Å². The van der Waals surface area contributed by atoms with Gasteiger partial charge >= 0.3 is 5.97 Å². The molecule has 0 saturated carbocycles. The van der Waals surface area contributed by atoms with E-state index < -0.39 is 16.0 Å². The van der Waals surface area contributed by atoms with Gasteiger partial charge < -0.3 is 19.5 Å². The number of ether oxygens (including phenoxy) is 1.